The first-order valence-corrected chi connectivity index (χ1v) is 6.78. The Balaban J connectivity index is 2.13. The van der Waals surface area contributed by atoms with E-state index in [4.69, 9.17) is 4.74 Å². The monoisotopic (exact) mass is 272 g/mol. The molecule has 1 fully saturated rings. The van der Waals surface area contributed by atoms with E-state index in [2.05, 4.69) is 0 Å². The highest BCUT2D eigenvalue weighted by Crippen LogP contribution is 2.59. The lowest BCUT2D eigenvalue weighted by Gasteiger charge is -2.02. The third-order valence-corrected chi connectivity index (χ3v) is 4.16. The van der Waals surface area contributed by atoms with Crippen LogP contribution < -0.4 is 0 Å². The summed E-state index contributed by atoms with van der Waals surface area (Å²) in [6.45, 7) is 4.06. The van der Waals surface area contributed by atoms with Gasteiger partial charge in [0.05, 0.1) is 13.0 Å². The number of aldehydes is 1. The highest BCUT2D eigenvalue weighted by Gasteiger charge is 2.61. The molecule has 0 spiro atoms. The molecule has 20 heavy (non-hydrogen) atoms. The van der Waals surface area contributed by atoms with Crippen LogP contribution in [0.15, 0.2) is 42.0 Å². The van der Waals surface area contributed by atoms with Crippen LogP contribution in [0.2, 0.25) is 0 Å². The van der Waals surface area contributed by atoms with Gasteiger partial charge >= 0.3 is 5.97 Å². The van der Waals surface area contributed by atoms with E-state index in [1.807, 2.05) is 50.3 Å². The molecule has 1 saturated carbocycles. The fourth-order valence-corrected chi connectivity index (χ4v) is 2.77. The van der Waals surface area contributed by atoms with E-state index in [1.165, 1.54) is 7.11 Å². The van der Waals surface area contributed by atoms with Gasteiger partial charge in [0.1, 0.15) is 6.29 Å². The summed E-state index contributed by atoms with van der Waals surface area (Å²) in [5.74, 6) is -0.252. The molecular weight excluding hydrogens is 252 g/mol. The van der Waals surface area contributed by atoms with Crippen LogP contribution in [0.25, 0.3) is 0 Å². The second-order valence-corrected chi connectivity index (χ2v) is 5.87. The lowest BCUT2D eigenvalue weighted by Crippen LogP contribution is -2.07. The molecule has 0 N–H and O–H groups in total. The van der Waals surface area contributed by atoms with E-state index in [9.17, 15) is 9.59 Å². The fraction of sp³-hybridized carbons (Fsp3) is 0.412. The van der Waals surface area contributed by atoms with Gasteiger partial charge in [0.2, 0.25) is 0 Å². The van der Waals surface area contributed by atoms with Crippen LogP contribution in [0.3, 0.4) is 0 Å². The lowest BCUT2D eigenvalue weighted by molar-refractivity contribution is -0.143. The third-order valence-electron chi connectivity index (χ3n) is 4.16. The van der Waals surface area contributed by atoms with Crippen LogP contribution in [0.5, 0.6) is 0 Å². The number of hydrogen-bond donors (Lipinski definition) is 0. The third kappa shape index (κ3) is 2.82. The number of carbonyl (C=O) groups is 2. The maximum absolute atomic E-state index is 11.7. The zero-order valence-corrected chi connectivity index (χ0v) is 12.1. The molecule has 0 bridgehead atoms. The van der Waals surface area contributed by atoms with Crippen molar-refractivity contribution in [1.82, 2.24) is 0 Å². The van der Waals surface area contributed by atoms with Gasteiger partial charge in [0.15, 0.2) is 0 Å². The molecule has 2 rings (SSSR count). The highest BCUT2D eigenvalue weighted by molar-refractivity contribution is 5.80. The summed E-state index contributed by atoms with van der Waals surface area (Å²) in [4.78, 5) is 22.9. The highest BCUT2D eigenvalue weighted by atomic mass is 16.5. The minimum absolute atomic E-state index is 0.0823. The Morgan fingerprint density at radius 1 is 1.30 bits per heavy atom. The van der Waals surface area contributed by atoms with Gasteiger partial charge in [-0.1, -0.05) is 50.3 Å². The van der Waals surface area contributed by atoms with Gasteiger partial charge in [-0.15, -0.1) is 0 Å². The van der Waals surface area contributed by atoms with Crippen LogP contribution in [0.1, 0.15) is 19.4 Å². The Morgan fingerprint density at radius 3 is 2.50 bits per heavy atom. The van der Waals surface area contributed by atoms with Crippen molar-refractivity contribution in [2.45, 2.75) is 20.3 Å². The zero-order chi connectivity index (χ0) is 14.8. The zero-order valence-electron chi connectivity index (χ0n) is 12.1. The maximum atomic E-state index is 11.7. The van der Waals surface area contributed by atoms with Crippen LogP contribution in [0.4, 0.5) is 0 Å². The Labute approximate surface area is 119 Å². The van der Waals surface area contributed by atoms with Gasteiger partial charge in [-0.25, -0.2) is 0 Å². The molecule has 1 aromatic carbocycles. The van der Waals surface area contributed by atoms with Crippen LogP contribution in [0, 0.1) is 17.3 Å². The summed E-state index contributed by atoms with van der Waals surface area (Å²) in [5, 5.41) is 0. The lowest BCUT2D eigenvalue weighted by atomic mass is 10.0. The molecule has 3 heteroatoms. The molecule has 0 aromatic heterocycles. The Bertz CT molecular complexity index is 528. The predicted molar refractivity (Wildman–Crippen MR) is 77.1 cm³/mol. The number of benzene rings is 1. The summed E-state index contributed by atoms with van der Waals surface area (Å²) >= 11 is 0. The number of rotatable bonds is 5. The first kappa shape index (κ1) is 14.5. The van der Waals surface area contributed by atoms with E-state index in [-0.39, 0.29) is 23.2 Å². The average Bonchev–Trinajstić information content (AvgIpc) is 2.99. The van der Waals surface area contributed by atoms with Crippen molar-refractivity contribution in [3.05, 3.63) is 47.5 Å². The molecular formula is C17H20O3. The van der Waals surface area contributed by atoms with Crippen molar-refractivity contribution >= 4 is 12.3 Å². The van der Waals surface area contributed by atoms with E-state index < -0.39 is 0 Å². The van der Waals surface area contributed by atoms with Crippen LogP contribution in [-0.4, -0.2) is 19.4 Å². The van der Waals surface area contributed by atoms with E-state index in [1.54, 1.807) is 0 Å². The standard InChI is InChI=1S/C17H20O3/c1-17(2)14(15(17)16(19)20-3)10-13(11-18)9-12-7-5-4-6-8-12/h4-8,10-11,14-15H,9H2,1-3H3/b13-10-. The molecule has 0 amide bonds. The Morgan fingerprint density at radius 2 is 1.95 bits per heavy atom. The number of hydrogen-bond acceptors (Lipinski definition) is 3. The maximum Gasteiger partial charge on any atom is 0.309 e. The first-order chi connectivity index (χ1) is 9.50. The summed E-state index contributed by atoms with van der Waals surface area (Å²) in [6.07, 6.45) is 3.42. The number of carbonyl (C=O) groups excluding carboxylic acids is 2. The summed E-state index contributed by atoms with van der Waals surface area (Å²) in [5.41, 5.74) is 1.69. The van der Waals surface area contributed by atoms with Crippen LogP contribution >= 0.6 is 0 Å². The minimum Gasteiger partial charge on any atom is -0.469 e. The second-order valence-electron chi connectivity index (χ2n) is 5.87. The molecule has 1 aliphatic rings. The Kier molecular flexibility index (Phi) is 4.07. The normalized spacial score (nSPS) is 24.1. The molecule has 0 aliphatic heterocycles. The molecule has 0 heterocycles. The van der Waals surface area contributed by atoms with Crippen molar-refractivity contribution in [3.63, 3.8) is 0 Å². The van der Waals surface area contributed by atoms with E-state index in [0.29, 0.717) is 6.42 Å². The quantitative estimate of drug-likeness (QED) is 0.470. The predicted octanol–water partition coefficient (Wildman–Crippen LogP) is 2.80. The van der Waals surface area contributed by atoms with Crippen molar-refractivity contribution in [3.8, 4) is 0 Å². The number of methoxy groups -OCH3 is 1. The van der Waals surface area contributed by atoms with Gasteiger partial charge in [0.25, 0.3) is 0 Å². The molecule has 106 valence electrons. The summed E-state index contributed by atoms with van der Waals surface area (Å²) in [7, 11) is 1.40. The second kappa shape index (κ2) is 5.61. The molecule has 1 aromatic rings. The summed E-state index contributed by atoms with van der Waals surface area (Å²) in [6, 6.07) is 9.84. The topological polar surface area (TPSA) is 43.4 Å². The SMILES string of the molecule is COC(=O)C1C(/C=C(\C=O)Cc2ccccc2)C1(C)C. The van der Waals surface area contributed by atoms with Crippen molar-refractivity contribution in [2.24, 2.45) is 17.3 Å². The summed E-state index contributed by atoms with van der Waals surface area (Å²) < 4.78 is 4.82. The minimum atomic E-state index is -0.193. The molecule has 2 unspecified atom stereocenters. The molecule has 1 aliphatic carbocycles. The van der Waals surface area contributed by atoms with E-state index in [0.717, 1.165) is 17.4 Å². The molecule has 0 radical (unpaired) electrons. The van der Waals surface area contributed by atoms with Gasteiger partial charge in [0, 0.05) is 6.42 Å². The molecule has 3 nitrogen and oxygen atoms in total. The number of allylic oxidation sites excluding steroid dienone is 2. The number of esters is 1. The van der Waals surface area contributed by atoms with Gasteiger partial charge in [-0.3, -0.25) is 9.59 Å². The largest absolute Gasteiger partial charge is 0.469 e. The van der Waals surface area contributed by atoms with Crippen molar-refractivity contribution in [2.75, 3.05) is 7.11 Å². The fourth-order valence-electron chi connectivity index (χ4n) is 2.77. The molecule has 0 saturated heterocycles. The van der Waals surface area contributed by atoms with Gasteiger partial charge in [-0.2, -0.15) is 0 Å². The average molecular weight is 272 g/mol. The van der Waals surface area contributed by atoms with Crippen molar-refractivity contribution in [1.29, 1.82) is 0 Å². The van der Waals surface area contributed by atoms with Crippen molar-refractivity contribution < 1.29 is 14.3 Å². The van der Waals surface area contributed by atoms with E-state index >= 15 is 0 Å². The molecule has 2 atom stereocenters. The Hall–Kier alpha value is -1.90. The smallest absolute Gasteiger partial charge is 0.309 e. The van der Waals surface area contributed by atoms with Crippen LogP contribution in [-0.2, 0) is 20.7 Å². The number of ether oxygens (including phenoxy) is 1. The van der Waals surface area contributed by atoms with Gasteiger partial charge in [-0.05, 0) is 22.5 Å². The first-order valence-electron chi connectivity index (χ1n) is 6.78. The van der Waals surface area contributed by atoms with Gasteiger partial charge < -0.3 is 4.74 Å².